The van der Waals surface area contributed by atoms with Crippen LogP contribution in [0, 0.1) is 6.92 Å². The molecule has 0 amide bonds. The van der Waals surface area contributed by atoms with Crippen molar-refractivity contribution in [2.75, 3.05) is 7.11 Å². The quantitative estimate of drug-likeness (QED) is 0.788. The zero-order valence-corrected chi connectivity index (χ0v) is 10.9. The molecule has 1 nitrogen and oxygen atoms in total. The second-order valence-electron chi connectivity index (χ2n) is 3.70. The third kappa shape index (κ3) is 2.27. The van der Waals surface area contributed by atoms with Crippen LogP contribution in [0.1, 0.15) is 5.56 Å². The summed E-state index contributed by atoms with van der Waals surface area (Å²) in [4.78, 5) is 0. The molecule has 0 aliphatic rings. The van der Waals surface area contributed by atoms with Crippen molar-refractivity contribution >= 4 is 15.9 Å². The number of hydrogen-bond donors (Lipinski definition) is 0. The molecule has 2 rings (SSSR count). The largest absolute Gasteiger partial charge is 0.497 e. The van der Waals surface area contributed by atoms with Crippen molar-refractivity contribution < 1.29 is 4.74 Å². The summed E-state index contributed by atoms with van der Waals surface area (Å²) in [5, 5.41) is 0. The lowest BCUT2D eigenvalue weighted by molar-refractivity contribution is 0.415. The molecule has 0 bridgehead atoms. The Morgan fingerprint density at radius 2 is 1.75 bits per heavy atom. The molecular formula is C14H13BrO. The van der Waals surface area contributed by atoms with Gasteiger partial charge in [0.25, 0.3) is 0 Å². The first-order valence-electron chi connectivity index (χ1n) is 5.11. The van der Waals surface area contributed by atoms with Gasteiger partial charge in [0.15, 0.2) is 0 Å². The Hall–Kier alpha value is -1.28. The first-order chi connectivity index (χ1) is 7.70. The number of methoxy groups -OCH3 is 1. The Balaban J connectivity index is 2.46. The van der Waals surface area contributed by atoms with Gasteiger partial charge in [-0.25, -0.2) is 0 Å². The van der Waals surface area contributed by atoms with Crippen molar-refractivity contribution in [1.82, 2.24) is 0 Å². The summed E-state index contributed by atoms with van der Waals surface area (Å²) in [6.45, 7) is 2.09. The van der Waals surface area contributed by atoms with Gasteiger partial charge in [-0.3, -0.25) is 0 Å². The molecule has 0 atom stereocenters. The SMILES string of the molecule is COc1cccc(-c2ccc(Br)c(C)c2)c1. The monoisotopic (exact) mass is 276 g/mol. The van der Waals surface area contributed by atoms with Crippen LogP contribution < -0.4 is 4.74 Å². The predicted molar refractivity (Wildman–Crippen MR) is 70.9 cm³/mol. The molecule has 0 spiro atoms. The molecule has 82 valence electrons. The first kappa shape index (κ1) is 11.2. The number of halogens is 1. The molecule has 0 aliphatic heterocycles. The highest BCUT2D eigenvalue weighted by Gasteiger charge is 2.01. The highest BCUT2D eigenvalue weighted by Crippen LogP contribution is 2.27. The second kappa shape index (κ2) is 4.71. The van der Waals surface area contributed by atoms with E-state index in [0.29, 0.717) is 0 Å². The molecule has 16 heavy (non-hydrogen) atoms. The molecule has 0 fully saturated rings. The Labute approximate surface area is 104 Å². The fourth-order valence-electron chi connectivity index (χ4n) is 1.63. The minimum absolute atomic E-state index is 0.887. The normalized spacial score (nSPS) is 10.2. The summed E-state index contributed by atoms with van der Waals surface area (Å²) in [6.07, 6.45) is 0. The lowest BCUT2D eigenvalue weighted by atomic mass is 10.0. The van der Waals surface area contributed by atoms with Gasteiger partial charge in [0.2, 0.25) is 0 Å². The van der Waals surface area contributed by atoms with Gasteiger partial charge in [0.05, 0.1) is 7.11 Å². The Bertz CT molecular complexity index is 506. The van der Waals surface area contributed by atoms with Gasteiger partial charge in [0, 0.05) is 4.47 Å². The van der Waals surface area contributed by atoms with Gasteiger partial charge < -0.3 is 4.74 Å². The molecule has 0 heterocycles. The Kier molecular flexibility index (Phi) is 3.30. The van der Waals surface area contributed by atoms with Crippen LogP contribution in [0.15, 0.2) is 46.9 Å². The average Bonchev–Trinajstić information content (AvgIpc) is 2.33. The van der Waals surface area contributed by atoms with Gasteiger partial charge in [-0.2, -0.15) is 0 Å². The van der Waals surface area contributed by atoms with E-state index in [9.17, 15) is 0 Å². The van der Waals surface area contributed by atoms with E-state index in [4.69, 9.17) is 4.74 Å². The van der Waals surface area contributed by atoms with Crippen molar-refractivity contribution in [1.29, 1.82) is 0 Å². The fourth-order valence-corrected chi connectivity index (χ4v) is 1.87. The molecule has 2 heteroatoms. The summed E-state index contributed by atoms with van der Waals surface area (Å²) in [6, 6.07) is 14.4. The van der Waals surface area contributed by atoms with E-state index in [1.165, 1.54) is 16.7 Å². The van der Waals surface area contributed by atoms with E-state index in [0.717, 1.165) is 10.2 Å². The Morgan fingerprint density at radius 1 is 1.00 bits per heavy atom. The van der Waals surface area contributed by atoms with E-state index in [-0.39, 0.29) is 0 Å². The zero-order chi connectivity index (χ0) is 11.5. The molecule has 0 saturated heterocycles. The van der Waals surface area contributed by atoms with Gasteiger partial charge in [-0.05, 0) is 41.8 Å². The second-order valence-corrected chi connectivity index (χ2v) is 4.55. The van der Waals surface area contributed by atoms with Crippen molar-refractivity contribution in [3.8, 4) is 16.9 Å². The number of ether oxygens (including phenoxy) is 1. The van der Waals surface area contributed by atoms with Crippen LogP contribution in [0.4, 0.5) is 0 Å². The number of hydrogen-bond acceptors (Lipinski definition) is 1. The van der Waals surface area contributed by atoms with Gasteiger partial charge >= 0.3 is 0 Å². The predicted octanol–water partition coefficient (Wildman–Crippen LogP) is 4.43. The summed E-state index contributed by atoms with van der Waals surface area (Å²) in [5.74, 6) is 0.887. The highest BCUT2D eigenvalue weighted by molar-refractivity contribution is 9.10. The molecular weight excluding hydrogens is 264 g/mol. The van der Waals surface area contributed by atoms with Crippen LogP contribution in [0.3, 0.4) is 0 Å². The summed E-state index contributed by atoms with van der Waals surface area (Å²) in [5.41, 5.74) is 3.62. The minimum Gasteiger partial charge on any atom is -0.497 e. The number of aryl methyl sites for hydroxylation is 1. The van der Waals surface area contributed by atoms with Crippen LogP contribution >= 0.6 is 15.9 Å². The third-order valence-electron chi connectivity index (χ3n) is 2.56. The smallest absolute Gasteiger partial charge is 0.119 e. The van der Waals surface area contributed by atoms with Gasteiger partial charge in [-0.15, -0.1) is 0 Å². The third-order valence-corrected chi connectivity index (χ3v) is 3.45. The van der Waals surface area contributed by atoms with Crippen LogP contribution in [0.25, 0.3) is 11.1 Å². The molecule has 0 aromatic heterocycles. The molecule has 2 aromatic rings. The van der Waals surface area contributed by atoms with Crippen molar-refractivity contribution in [2.45, 2.75) is 6.92 Å². The maximum absolute atomic E-state index is 5.22. The zero-order valence-electron chi connectivity index (χ0n) is 9.33. The van der Waals surface area contributed by atoms with E-state index in [1.807, 2.05) is 18.2 Å². The average molecular weight is 277 g/mol. The summed E-state index contributed by atoms with van der Waals surface area (Å²) < 4.78 is 6.36. The van der Waals surface area contributed by atoms with Crippen molar-refractivity contribution in [3.63, 3.8) is 0 Å². The first-order valence-corrected chi connectivity index (χ1v) is 5.90. The van der Waals surface area contributed by atoms with Gasteiger partial charge in [-0.1, -0.05) is 40.2 Å². The summed E-state index contributed by atoms with van der Waals surface area (Å²) in [7, 11) is 1.69. The molecule has 0 N–H and O–H groups in total. The van der Waals surface area contributed by atoms with E-state index in [2.05, 4.69) is 47.1 Å². The van der Waals surface area contributed by atoms with Crippen LogP contribution in [0.2, 0.25) is 0 Å². The number of benzene rings is 2. The molecule has 2 aromatic carbocycles. The Morgan fingerprint density at radius 3 is 2.44 bits per heavy atom. The maximum Gasteiger partial charge on any atom is 0.119 e. The maximum atomic E-state index is 5.22. The van der Waals surface area contributed by atoms with E-state index < -0.39 is 0 Å². The lowest BCUT2D eigenvalue weighted by Gasteiger charge is -2.06. The molecule has 0 aliphatic carbocycles. The molecule has 0 radical (unpaired) electrons. The van der Waals surface area contributed by atoms with Crippen LogP contribution in [0.5, 0.6) is 5.75 Å². The lowest BCUT2D eigenvalue weighted by Crippen LogP contribution is -1.84. The molecule has 0 unspecified atom stereocenters. The van der Waals surface area contributed by atoms with Crippen molar-refractivity contribution in [2.24, 2.45) is 0 Å². The topological polar surface area (TPSA) is 9.23 Å². The molecule has 0 saturated carbocycles. The van der Waals surface area contributed by atoms with Gasteiger partial charge in [0.1, 0.15) is 5.75 Å². The van der Waals surface area contributed by atoms with Crippen LogP contribution in [-0.2, 0) is 0 Å². The standard InChI is InChI=1S/C14H13BrO/c1-10-8-12(6-7-14(10)15)11-4-3-5-13(9-11)16-2/h3-9H,1-2H3. The minimum atomic E-state index is 0.887. The summed E-state index contributed by atoms with van der Waals surface area (Å²) >= 11 is 3.51. The van der Waals surface area contributed by atoms with Crippen molar-refractivity contribution in [3.05, 3.63) is 52.5 Å². The number of rotatable bonds is 2. The van der Waals surface area contributed by atoms with E-state index in [1.54, 1.807) is 7.11 Å². The fraction of sp³-hybridized carbons (Fsp3) is 0.143. The highest BCUT2D eigenvalue weighted by atomic mass is 79.9. The van der Waals surface area contributed by atoms with Crippen LogP contribution in [-0.4, -0.2) is 7.11 Å². The van der Waals surface area contributed by atoms with E-state index >= 15 is 0 Å².